The fourth-order valence-electron chi connectivity index (χ4n) is 2.14. The van der Waals surface area contributed by atoms with Gasteiger partial charge in [0.1, 0.15) is 5.82 Å². The maximum atomic E-state index is 4.35. The predicted molar refractivity (Wildman–Crippen MR) is 84.2 cm³/mol. The van der Waals surface area contributed by atoms with Gasteiger partial charge in [-0.1, -0.05) is 18.7 Å². The van der Waals surface area contributed by atoms with Crippen molar-refractivity contribution >= 4 is 5.71 Å². The van der Waals surface area contributed by atoms with E-state index >= 15 is 0 Å². The van der Waals surface area contributed by atoms with E-state index in [9.17, 15) is 0 Å². The Morgan fingerprint density at radius 3 is 2.30 bits per heavy atom. The Kier molecular flexibility index (Phi) is 4.08. The molecule has 20 heavy (non-hydrogen) atoms. The average molecular weight is 265 g/mol. The van der Waals surface area contributed by atoms with E-state index in [4.69, 9.17) is 0 Å². The summed E-state index contributed by atoms with van der Waals surface area (Å²) in [4.78, 5) is 12.9. The Morgan fingerprint density at radius 1 is 1.10 bits per heavy atom. The van der Waals surface area contributed by atoms with Gasteiger partial charge in [-0.15, -0.1) is 0 Å². The van der Waals surface area contributed by atoms with E-state index in [2.05, 4.69) is 46.7 Å². The highest BCUT2D eigenvalue weighted by molar-refractivity contribution is 6.13. The monoisotopic (exact) mass is 265 g/mol. The first-order chi connectivity index (χ1) is 9.52. The van der Waals surface area contributed by atoms with Gasteiger partial charge in [0.05, 0.1) is 5.71 Å². The zero-order valence-corrected chi connectivity index (χ0v) is 12.4. The standard InChI is InChI=1S/C17H19N3/c1-11(2)17(18-5)16-8-14(7-6-12(16)3)15-9-19-13(4)20-10-15/h6-10H,1H2,2-5H3/b18-17-. The second-order valence-electron chi connectivity index (χ2n) is 4.90. The summed E-state index contributed by atoms with van der Waals surface area (Å²) in [5.41, 5.74) is 6.30. The molecule has 0 atom stereocenters. The lowest BCUT2D eigenvalue weighted by Crippen LogP contribution is -2.04. The third-order valence-corrected chi connectivity index (χ3v) is 3.23. The van der Waals surface area contributed by atoms with E-state index < -0.39 is 0 Å². The number of hydrogen-bond acceptors (Lipinski definition) is 3. The summed E-state index contributed by atoms with van der Waals surface area (Å²) in [7, 11) is 1.80. The van der Waals surface area contributed by atoms with Gasteiger partial charge in [-0.3, -0.25) is 4.99 Å². The van der Waals surface area contributed by atoms with Crippen LogP contribution in [-0.2, 0) is 0 Å². The van der Waals surface area contributed by atoms with Crippen molar-refractivity contribution < 1.29 is 0 Å². The van der Waals surface area contributed by atoms with Crippen LogP contribution in [0.15, 0.2) is 47.7 Å². The minimum atomic E-state index is 0.777. The first-order valence-corrected chi connectivity index (χ1v) is 6.55. The molecule has 1 aromatic heterocycles. The molecule has 0 spiro atoms. The molecule has 0 saturated heterocycles. The summed E-state index contributed by atoms with van der Waals surface area (Å²) in [6, 6.07) is 6.30. The molecule has 0 saturated carbocycles. The number of aliphatic imine (C=N–C) groups is 1. The van der Waals surface area contributed by atoms with Crippen LogP contribution in [0.5, 0.6) is 0 Å². The minimum absolute atomic E-state index is 0.777. The van der Waals surface area contributed by atoms with Crippen LogP contribution < -0.4 is 0 Å². The van der Waals surface area contributed by atoms with Crippen molar-refractivity contribution in [2.45, 2.75) is 20.8 Å². The molecule has 2 rings (SSSR count). The van der Waals surface area contributed by atoms with Crippen LogP contribution in [-0.4, -0.2) is 22.7 Å². The van der Waals surface area contributed by atoms with Crippen molar-refractivity contribution in [3.05, 3.63) is 59.7 Å². The Balaban J connectivity index is 2.53. The summed E-state index contributed by atoms with van der Waals surface area (Å²) < 4.78 is 0. The Labute approximate surface area is 120 Å². The van der Waals surface area contributed by atoms with E-state index in [1.807, 2.05) is 26.2 Å². The van der Waals surface area contributed by atoms with Crippen LogP contribution in [0.25, 0.3) is 11.1 Å². The molecule has 102 valence electrons. The van der Waals surface area contributed by atoms with Crippen molar-refractivity contribution in [3.63, 3.8) is 0 Å². The molecule has 1 aromatic carbocycles. The average Bonchev–Trinajstić information content (AvgIpc) is 2.42. The van der Waals surface area contributed by atoms with Gasteiger partial charge in [-0.05, 0) is 43.5 Å². The number of hydrogen-bond donors (Lipinski definition) is 0. The fraction of sp³-hybridized carbons (Fsp3) is 0.235. The number of benzene rings is 1. The zero-order chi connectivity index (χ0) is 14.7. The van der Waals surface area contributed by atoms with Gasteiger partial charge in [0.25, 0.3) is 0 Å². The SMILES string of the molecule is C=C(C)/C(=N/C)c1cc(-c2cnc(C)nc2)ccc1C. The van der Waals surface area contributed by atoms with Crippen LogP contribution in [0.1, 0.15) is 23.9 Å². The molecule has 2 aromatic rings. The normalized spacial score (nSPS) is 11.5. The summed E-state index contributed by atoms with van der Waals surface area (Å²) in [6.07, 6.45) is 3.70. The molecule has 0 bridgehead atoms. The van der Waals surface area contributed by atoms with Gasteiger partial charge in [-0.25, -0.2) is 9.97 Å². The van der Waals surface area contributed by atoms with Gasteiger partial charge >= 0.3 is 0 Å². The van der Waals surface area contributed by atoms with Crippen LogP contribution in [0.3, 0.4) is 0 Å². The molecule has 0 aliphatic heterocycles. The highest BCUT2D eigenvalue weighted by Crippen LogP contribution is 2.23. The lowest BCUT2D eigenvalue weighted by Gasteiger charge is -2.11. The first kappa shape index (κ1) is 14.1. The molecule has 0 aliphatic rings. The molecular weight excluding hydrogens is 246 g/mol. The van der Waals surface area contributed by atoms with Crippen molar-refractivity contribution in [2.24, 2.45) is 4.99 Å². The van der Waals surface area contributed by atoms with Gasteiger partial charge < -0.3 is 0 Å². The molecule has 0 amide bonds. The third kappa shape index (κ3) is 2.82. The van der Waals surface area contributed by atoms with Crippen molar-refractivity contribution in [2.75, 3.05) is 7.05 Å². The van der Waals surface area contributed by atoms with Gasteiger partial charge in [0.2, 0.25) is 0 Å². The fourth-order valence-corrected chi connectivity index (χ4v) is 2.14. The Hall–Kier alpha value is -2.29. The molecule has 0 aliphatic carbocycles. The van der Waals surface area contributed by atoms with Crippen LogP contribution >= 0.6 is 0 Å². The molecule has 1 heterocycles. The van der Waals surface area contributed by atoms with E-state index in [0.29, 0.717) is 0 Å². The maximum Gasteiger partial charge on any atom is 0.125 e. The quantitative estimate of drug-likeness (QED) is 0.793. The molecule has 0 fully saturated rings. The van der Waals surface area contributed by atoms with Crippen molar-refractivity contribution in [3.8, 4) is 11.1 Å². The number of nitrogens with zero attached hydrogens (tertiary/aromatic N) is 3. The second-order valence-corrected chi connectivity index (χ2v) is 4.90. The van der Waals surface area contributed by atoms with Crippen LogP contribution in [0.2, 0.25) is 0 Å². The second kappa shape index (κ2) is 5.78. The van der Waals surface area contributed by atoms with Gasteiger partial charge in [0, 0.05) is 30.6 Å². The molecule has 0 N–H and O–H groups in total. The summed E-state index contributed by atoms with van der Waals surface area (Å²) in [5.74, 6) is 0.777. The van der Waals surface area contributed by atoms with Gasteiger partial charge in [0.15, 0.2) is 0 Å². The largest absolute Gasteiger partial charge is 0.288 e. The smallest absolute Gasteiger partial charge is 0.125 e. The number of allylic oxidation sites excluding steroid dienone is 1. The summed E-state index contributed by atoms with van der Waals surface area (Å²) in [5, 5.41) is 0. The number of rotatable bonds is 3. The zero-order valence-electron chi connectivity index (χ0n) is 12.4. The highest BCUT2D eigenvalue weighted by Gasteiger charge is 2.09. The summed E-state index contributed by atoms with van der Waals surface area (Å²) in [6.45, 7) is 9.94. The van der Waals surface area contributed by atoms with Gasteiger partial charge in [-0.2, -0.15) is 0 Å². The highest BCUT2D eigenvalue weighted by atomic mass is 14.8. The lowest BCUT2D eigenvalue weighted by molar-refractivity contribution is 1.06. The van der Waals surface area contributed by atoms with Crippen molar-refractivity contribution in [1.29, 1.82) is 0 Å². The molecule has 0 unspecified atom stereocenters. The van der Waals surface area contributed by atoms with Crippen LogP contribution in [0, 0.1) is 13.8 Å². The minimum Gasteiger partial charge on any atom is -0.288 e. The maximum absolute atomic E-state index is 4.35. The first-order valence-electron chi connectivity index (χ1n) is 6.55. The number of aromatic nitrogens is 2. The molecule has 3 heteroatoms. The molecular formula is C17H19N3. The predicted octanol–water partition coefficient (Wildman–Crippen LogP) is 3.76. The topological polar surface area (TPSA) is 38.1 Å². The van der Waals surface area contributed by atoms with E-state index in [1.54, 1.807) is 7.05 Å². The third-order valence-electron chi connectivity index (χ3n) is 3.23. The van der Waals surface area contributed by atoms with Crippen molar-refractivity contribution in [1.82, 2.24) is 9.97 Å². The van der Waals surface area contributed by atoms with Crippen LogP contribution in [0.4, 0.5) is 0 Å². The molecule has 3 nitrogen and oxygen atoms in total. The Morgan fingerprint density at radius 2 is 1.75 bits per heavy atom. The Bertz CT molecular complexity index is 667. The molecule has 0 radical (unpaired) electrons. The van der Waals surface area contributed by atoms with E-state index in [-0.39, 0.29) is 0 Å². The van der Waals surface area contributed by atoms with E-state index in [1.165, 1.54) is 5.56 Å². The number of aryl methyl sites for hydroxylation is 2. The van der Waals surface area contributed by atoms with E-state index in [0.717, 1.165) is 33.8 Å². The summed E-state index contributed by atoms with van der Waals surface area (Å²) >= 11 is 0. The lowest BCUT2D eigenvalue weighted by atomic mass is 9.95.